The molecule has 0 aliphatic heterocycles. The molecule has 9 nitrogen and oxygen atoms in total. The van der Waals surface area contributed by atoms with Gasteiger partial charge in [0.2, 0.25) is 5.91 Å². The Morgan fingerprint density at radius 2 is 1.81 bits per heavy atom. The lowest BCUT2D eigenvalue weighted by Gasteiger charge is -2.21. The van der Waals surface area contributed by atoms with Crippen molar-refractivity contribution in [3.05, 3.63) is 65.2 Å². The lowest BCUT2D eigenvalue weighted by molar-refractivity contribution is -0.129. The van der Waals surface area contributed by atoms with Crippen molar-refractivity contribution < 1.29 is 24.7 Å². The molecule has 0 saturated heterocycles. The number of imidazole rings is 1. The Morgan fingerprint density at radius 1 is 1.08 bits per heavy atom. The summed E-state index contributed by atoms with van der Waals surface area (Å²) in [7, 11) is 0. The standard InChI is InChI=1S/C27H34N4O5/c1-4-5-10-24-28-15-23(26(33)29-19(13-17(2)3)14-25(32)30-36)31(24)16-18-11-12-22(27(34)35)21-9-7-6-8-20(18)21/h6-9,11-12,15,17,19,36H,4-5,10,13-14,16H2,1-3H3,(H,29,33)(H,30,32)(H,34,35). The molecule has 4 N–H and O–H groups in total. The Balaban J connectivity index is 1.99. The van der Waals surface area contributed by atoms with Crippen LogP contribution in [0.5, 0.6) is 0 Å². The second kappa shape index (κ2) is 12.3. The number of hydrogen-bond donors (Lipinski definition) is 4. The van der Waals surface area contributed by atoms with Crippen molar-refractivity contribution in [2.45, 2.75) is 65.5 Å². The topological polar surface area (TPSA) is 134 Å². The molecule has 36 heavy (non-hydrogen) atoms. The van der Waals surface area contributed by atoms with E-state index >= 15 is 0 Å². The fraction of sp³-hybridized carbons (Fsp3) is 0.407. The minimum absolute atomic E-state index is 0.0431. The van der Waals surface area contributed by atoms with E-state index in [2.05, 4.69) is 17.2 Å². The second-order valence-electron chi connectivity index (χ2n) is 9.41. The minimum Gasteiger partial charge on any atom is -0.478 e. The van der Waals surface area contributed by atoms with Gasteiger partial charge in [-0.3, -0.25) is 14.8 Å². The maximum absolute atomic E-state index is 13.4. The van der Waals surface area contributed by atoms with Crippen molar-refractivity contribution in [3.63, 3.8) is 0 Å². The van der Waals surface area contributed by atoms with Gasteiger partial charge in [0.05, 0.1) is 18.3 Å². The Morgan fingerprint density at radius 3 is 2.44 bits per heavy atom. The molecule has 1 aromatic heterocycles. The highest BCUT2D eigenvalue weighted by molar-refractivity contribution is 6.04. The third kappa shape index (κ3) is 6.48. The Hall–Kier alpha value is -3.72. The molecule has 3 rings (SSSR count). The third-order valence-electron chi connectivity index (χ3n) is 6.15. The number of nitrogens with one attached hydrogen (secondary N) is 2. The van der Waals surface area contributed by atoms with E-state index in [1.807, 2.05) is 30.5 Å². The van der Waals surface area contributed by atoms with Gasteiger partial charge in [-0.1, -0.05) is 57.5 Å². The number of aromatic nitrogens is 2. The van der Waals surface area contributed by atoms with Gasteiger partial charge in [0.1, 0.15) is 11.5 Å². The predicted octanol–water partition coefficient (Wildman–Crippen LogP) is 4.17. The highest BCUT2D eigenvalue weighted by Gasteiger charge is 2.23. The van der Waals surface area contributed by atoms with Crippen LogP contribution in [0.3, 0.4) is 0 Å². The first-order valence-electron chi connectivity index (χ1n) is 12.3. The van der Waals surface area contributed by atoms with Crippen LogP contribution in [0.2, 0.25) is 0 Å². The SMILES string of the molecule is CCCCc1ncc(C(=O)NC(CC(=O)NO)CC(C)C)n1Cc1ccc(C(=O)O)c2ccccc12. The van der Waals surface area contributed by atoms with Gasteiger partial charge in [0, 0.05) is 18.9 Å². The van der Waals surface area contributed by atoms with Gasteiger partial charge in [-0.05, 0) is 41.2 Å². The number of rotatable bonds is 12. The molecule has 192 valence electrons. The molecule has 1 atom stereocenters. The summed E-state index contributed by atoms with van der Waals surface area (Å²) in [5.74, 6) is -0.920. The molecule has 2 aromatic carbocycles. The summed E-state index contributed by atoms with van der Waals surface area (Å²) in [6.45, 7) is 6.42. The molecule has 2 amide bonds. The smallest absolute Gasteiger partial charge is 0.336 e. The van der Waals surface area contributed by atoms with Gasteiger partial charge < -0.3 is 15.0 Å². The van der Waals surface area contributed by atoms with Gasteiger partial charge in [0.25, 0.3) is 5.91 Å². The highest BCUT2D eigenvalue weighted by Crippen LogP contribution is 2.25. The van der Waals surface area contributed by atoms with Gasteiger partial charge in [0.15, 0.2) is 0 Å². The van der Waals surface area contributed by atoms with Crippen LogP contribution in [0.4, 0.5) is 0 Å². The van der Waals surface area contributed by atoms with Crippen LogP contribution in [-0.2, 0) is 17.8 Å². The number of amides is 2. The van der Waals surface area contributed by atoms with E-state index in [-0.39, 0.29) is 23.8 Å². The Kier molecular flexibility index (Phi) is 9.19. The number of unbranched alkanes of at least 4 members (excludes halogenated alkanes) is 1. The zero-order valence-corrected chi connectivity index (χ0v) is 21.0. The number of nitrogens with zero attached hydrogens (tertiary/aromatic N) is 2. The molecular weight excluding hydrogens is 460 g/mol. The van der Waals surface area contributed by atoms with Crippen LogP contribution < -0.4 is 10.8 Å². The monoisotopic (exact) mass is 494 g/mol. The Labute approximate surface area is 210 Å². The van der Waals surface area contributed by atoms with E-state index in [1.165, 1.54) is 0 Å². The second-order valence-corrected chi connectivity index (χ2v) is 9.41. The van der Waals surface area contributed by atoms with Gasteiger partial charge >= 0.3 is 5.97 Å². The van der Waals surface area contributed by atoms with E-state index in [4.69, 9.17) is 5.21 Å². The quantitative estimate of drug-likeness (QED) is 0.221. The first-order valence-corrected chi connectivity index (χ1v) is 12.3. The lowest BCUT2D eigenvalue weighted by atomic mass is 9.99. The normalized spacial score (nSPS) is 12.0. The molecule has 0 aliphatic carbocycles. The van der Waals surface area contributed by atoms with Crippen LogP contribution in [0.25, 0.3) is 10.8 Å². The summed E-state index contributed by atoms with van der Waals surface area (Å²) in [5, 5.41) is 22.9. The third-order valence-corrected chi connectivity index (χ3v) is 6.15. The molecule has 3 aromatic rings. The number of fused-ring (bicyclic) bond motifs is 1. The molecule has 0 spiro atoms. The fourth-order valence-corrected chi connectivity index (χ4v) is 4.45. The van der Waals surface area contributed by atoms with Crippen LogP contribution in [0, 0.1) is 5.92 Å². The van der Waals surface area contributed by atoms with Crippen molar-refractivity contribution in [2.75, 3.05) is 0 Å². The average molecular weight is 495 g/mol. The number of benzene rings is 2. The summed E-state index contributed by atoms with van der Waals surface area (Å²) in [5.41, 5.74) is 3.10. The number of carbonyl (C=O) groups excluding carboxylic acids is 2. The molecule has 9 heteroatoms. The number of aryl methyl sites for hydroxylation is 1. The Bertz CT molecular complexity index is 1230. The maximum atomic E-state index is 13.4. The minimum atomic E-state index is -0.993. The van der Waals surface area contributed by atoms with E-state index in [9.17, 15) is 19.5 Å². The number of carboxylic acids is 1. The summed E-state index contributed by atoms with van der Waals surface area (Å²) in [6, 6.07) is 10.2. The van der Waals surface area contributed by atoms with Crippen LogP contribution >= 0.6 is 0 Å². The molecule has 0 bridgehead atoms. The molecule has 1 unspecified atom stereocenters. The van der Waals surface area contributed by atoms with Gasteiger partial charge in [-0.25, -0.2) is 15.3 Å². The number of carbonyl (C=O) groups is 3. The van der Waals surface area contributed by atoms with Gasteiger partial charge in [-0.15, -0.1) is 0 Å². The van der Waals surface area contributed by atoms with Crippen molar-refractivity contribution in [1.82, 2.24) is 20.3 Å². The van der Waals surface area contributed by atoms with Crippen LogP contribution in [0.15, 0.2) is 42.6 Å². The summed E-state index contributed by atoms with van der Waals surface area (Å²) in [6.07, 6.45) is 4.64. The number of aromatic carboxylic acids is 1. The van der Waals surface area contributed by atoms with Crippen molar-refractivity contribution in [1.29, 1.82) is 0 Å². The van der Waals surface area contributed by atoms with Crippen LogP contribution in [-0.4, -0.2) is 43.7 Å². The first-order chi connectivity index (χ1) is 17.2. The number of hydrogen-bond acceptors (Lipinski definition) is 5. The fourth-order valence-electron chi connectivity index (χ4n) is 4.45. The van der Waals surface area contributed by atoms with Gasteiger partial charge in [-0.2, -0.15) is 0 Å². The van der Waals surface area contributed by atoms with Crippen molar-refractivity contribution >= 4 is 28.6 Å². The van der Waals surface area contributed by atoms with E-state index in [0.29, 0.717) is 30.5 Å². The zero-order valence-electron chi connectivity index (χ0n) is 21.0. The van der Waals surface area contributed by atoms with E-state index in [0.717, 1.165) is 29.6 Å². The summed E-state index contributed by atoms with van der Waals surface area (Å²) >= 11 is 0. The molecule has 1 heterocycles. The largest absolute Gasteiger partial charge is 0.478 e. The highest BCUT2D eigenvalue weighted by atomic mass is 16.5. The van der Waals surface area contributed by atoms with Crippen LogP contribution in [0.1, 0.15) is 78.7 Å². The molecule has 0 aliphatic rings. The van der Waals surface area contributed by atoms with E-state index in [1.54, 1.807) is 35.9 Å². The lowest BCUT2D eigenvalue weighted by Crippen LogP contribution is -2.40. The number of hydroxylamine groups is 1. The zero-order chi connectivity index (χ0) is 26.2. The number of carboxylic acid groups (broad SMARTS) is 1. The predicted molar refractivity (Wildman–Crippen MR) is 136 cm³/mol. The van der Waals surface area contributed by atoms with Crippen molar-refractivity contribution in [3.8, 4) is 0 Å². The average Bonchev–Trinajstić information content (AvgIpc) is 3.24. The summed E-state index contributed by atoms with van der Waals surface area (Å²) < 4.78 is 1.87. The molecule has 0 radical (unpaired) electrons. The molecule has 0 saturated carbocycles. The molecular formula is C27H34N4O5. The first kappa shape index (κ1) is 26.9. The molecule has 0 fully saturated rings. The van der Waals surface area contributed by atoms with E-state index < -0.39 is 17.9 Å². The maximum Gasteiger partial charge on any atom is 0.336 e. The van der Waals surface area contributed by atoms with Crippen molar-refractivity contribution in [2.24, 2.45) is 5.92 Å². The summed E-state index contributed by atoms with van der Waals surface area (Å²) in [4.78, 5) is 41.4.